The van der Waals surface area contributed by atoms with Gasteiger partial charge in [-0.1, -0.05) is 48.5 Å². The molecule has 176 valence electrons. The number of hydrogen-bond acceptors (Lipinski definition) is 7. The Morgan fingerprint density at radius 2 is 1.15 bits per heavy atom. The Balaban J connectivity index is 1.30. The molecule has 2 aliphatic rings. The smallest absolute Gasteiger partial charge is 0.426 e. The summed E-state index contributed by atoms with van der Waals surface area (Å²) in [4.78, 5) is 24.2. The molecule has 4 N–H and O–H groups in total. The molecule has 0 unspecified atom stereocenters. The molecule has 0 radical (unpaired) electrons. The Hall–Kier alpha value is -3.00. The SMILES string of the molecule is O=C(Cc1ccc(C2(C(F)(F)F)NN2)cc1)OCC(=O)c1ccc(C2(C(F)(F)F)NN2)cc1. The molecule has 0 saturated carbocycles. The lowest BCUT2D eigenvalue weighted by Crippen LogP contribution is -2.34. The number of halogens is 6. The van der Waals surface area contributed by atoms with Gasteiger partial charge < -0.3 is 4.74 Å². The lowest BCUT2D eigenvalue weighted by molar-refractivity contribution is -0.166. The second-order valence-electron chi connectivity index (χ2n) is 7.53. The van der Waals surface area contributed by atoms with Crippen molar-refractivity contribution in [2.45, 2.75) is 30.1 Å². The van der Waals surface area contributed by atoms with Crippen molar-refractivity contribution >= 4 is 11.8 Å². The number of benzene rings is 2. The number of ketones is 1. The molecule has 7 nitrogen and oxygen atoms in total. The van der Waals surface area contributed by atoms with Crippen LogP contribution in [0.5, 0.6) is 0 Å². The standard InChI is InChI=1S/C20H16F6N4O3/c21-19(22,23)17(27-28-17)13-5-1-11(2-6-13)9-16(32)33-10-15(31)12-3-7-14(8-4-12)18(29-30-18)20(24,25)26/h1-8,27-30H,9-10H2. The van der Waals surface area contributed by atoms with Gasteiger partial charge in [0.05, 0.1) is 6.42 Å². The topological polar surface area (TPSA) is 131 Å². The third-order valence-electron chi connectivity index (χ3n) is 5.34. The van der Waals surface area contributed by atoms with Crippen molar-refractivity contribution in [3.63, 3.8) is 0 Å². The van der Waals surface area contributed by atoms with Crippen LogP contribution in [-0.2, 0) is 27.3 Å². The van der Waals surface area contributed by atoms with E-state index in [-0.39, 0.29) is 23.1 Å². The van der Waals surface area contributed by atoms with Gasteiger partial charge in [-0.2, -0.15) is 26.3 Å². The molecular weight excluding hydrogens is 458 g/mol. The maximum Gasteiger partial charge on any atom is 0.426 e. The average Bonchev–Trinajstić information content (AvgIpc) is 3.64. The Kier molecular flexibility index (Phi) is 5.47. The van der Waals surface area contributed by atoms with E-state index in [0.29, 0.717) is 5.56 Å². The van der Waals surface area contributed by atoms with Crippen molar-refractivity contribution in [1.82, 2.24) is 21.7 Å². The molecule has 0 atom stereocenters. The number of rotatable bonds is 7. The van der Waals surface area contributed by atoms with Crippen molar-refractivity contribution < 1.29 is 40.7 Å². The molecule has 0 aliphatic carbocycles. The fraction of sp³-hybridized carbons (Fsp3) is 0.300. The largest absolute Gasteiger partial charge is 0.457 e. The van der Waals surface area contributed by atoms with Gasteiger partial charge in [0.25, 0.3) is 0 Å². The summed E-state index contributed by atoms with van der Waals surface area (Å²) >= 11 is 0. The zero-order chi connectivity index (χ0) is 24.1. The van der Waals surface area contributed by atoms with Crippen LogP contribution < -0.4 is 21.7 Å². The zero-order valence-corrected chi connectivity index (χ0v) is 16.5. The Morgan fingerprint density at radius 1 is 0.727 bits per heavy atom. The number of alkyl halides is 6. The fourth-order valence-electron chi connectivity index (χ4n) is 3.25. The van der Waals surface area contributed by atoms with Crippen molar-refractivity contribution in [2.24, 2.45) is 0 Å². The molecule has 2 aromatic carbocycles. The number of carbonyl (C=O) groups excluding carboxylic acids is 2. The number of nitrogens with one attached hydrogen (secondary N) is 4. The molecule has 2 aliphatic heterocycles. The first-order valence-corrected chi connectivity index (χ1v) is 9.49. The van der Waals surface area contributed by atoms with Crippen LogP contribution in [0.25, 0.3) is 0 Å². The summed E-state index contributed by atoms with van der Waals surface area (Å²) < 4.78 is 83.2. The molecule has 13 heteroatoms. The van der Waals surface area contributed by atoms with Crippen LogP contribution in [-0.4, -0.2) is 30.7 Å². The van der Waals surface area contributed by atoms with E-state index in [1.165, 1.54) is 36.4 Å². The molecule has 2 heterocycles. The van der Waals surface area contributed by atoms with Gasteiger partial charge in [-0.15, -0.1) is 0 Å². The van der Waals surface area contributed by atoms with Gasteiger partial charge >= 0.3 is 18.3 Å². The second-order valence-corrected chi connectivity index (χ2v) is 7.53. The van der Waals surface area contributed by atoms with Crippen molar-refractivity contribution in [3.8, 4) is 0 Å². The van der Waals surface area contributed by atoms with Gasteiger partial charge in [0.15, 0.2) is 12.4 Å². The minimum absolute atomic E-state index is 0.0516. The molecule has 0 amide bonds. The number of esters is 1. The fourth-order valence-corrected chi connectivity index (χ4v) is 3.25. The highest BCUT2D eigenvalue weighted by molar-refractivity contribution is 5.98. The van der Waals surface area contributed by atoms with Gasteiger partial charge in [-0.05, 0) is 16.7 Å². The highest BCUT2D eigenvalue weighted by Crippen LogP contribution is 2.43. The normalized spacial score (nSPS) is 18.5. The predicted molar refractivity (Wildman–Crippen MR) is 99.9 cm³/mol. The maximum absolute atomic E-state index is 13.1. The van der Waals surface area contributed by atoms with E-state index in [4.69, 9.17) is 4.74 Å². The summed E-state index contributed by atoms with van der Waals surface area (Å²) in [7, 11) is 0. The van der Waals surface area contributed by atoms with Crippen LogP contribution in [0.1, 0.15) is 27.0 Å². The lowest BCUT2D eigenvalue weighted by atomic mass is 10.0. The number of hydrazine groups is 2. The van der Waals surface area contributed by atoms with E-state index in [0.717, 1.165) is 12.1 Å². The summed E-state index contributed by atoms with van der Waals surface area (Å²) in [6.07, 6.45) is -9.41. The van der Waals surface area contributed by atoms with E-state index in [1.807, 2.05) is 10.9 Å². The quantitative estimate of drug-likeness (QED) is 0.210. The third-order valence-corrected chi connectivity index (χ3v) is 5.34. The van der Waals surface area contributed by atoms with E-state index in [1.54, 1.807) is 0 Å². The van der Waals surface area contributed by atoms with Crippen molar-refractivity contribution in [3.05, 3.63) is 70.8 Å². The van der Waals surface area contributed by atoms with Gasteiger partial charge in [0.2, 0.25) is 11.3 Å². The molecule has 0 bridgehead atoms. The molecule has 2 saturated heterocycles. The molecule has 4 rings (SSSR count). The summed E-state index contributed by atoms with van der Waals surface area (Å²) in [6.45, 7) is -0.637. The Labute approximate surface area is 182 Å². The van der Waals surface area contributed by atoms with Crippen molar-refractivity contribution in [2.75, 3.05) is 6.61 Å². The summed E-state index contributed by atoms with van der Waals surface area (Å²) in [5, 5.41) is 0. The summed E-state index contributed by atoms with van der Waals surface area (Å²) in [5.74, 6) is -1.41. The number of ether oxygens (including phenoxy) is 1. The predicted octanol–water partition coefficient (Wildman–Crippen LogP) is 2.30. The van der Waals surface area contributed by atoms with Crippen LogP contribution >= 0.6 is 0 Å². The van der Waals surface area contributed by atoms with Crippen LogP contribution in [0.4, 0.5) is 26.3 Å². The monoisotopic (exact) mass is 474 g/mol. The molecular formula is C20H16F6N4O3. The highest BCUT2D eigenvalue weighted by Gasteiger charge is 2.66. The molecule has 0 aromatic heterocycles. The van der Waals surface area contributed by atoms with Crippen molar-refractivity contribution in [1.29, 1.82) is 0 Å². The maximum atomic E-state index is 13.1. The first-order valence-electron chi connectivity index (χ1n) is 9.49. The first-order chi connectivity index (χ1) is 15.4. The van der Waals surface area contributed by atoms with Crippen LogP contribution in [0.15, 0.2) is 48.5 Å². The van der Waals surface area contributed by atoms with Crippen LogP contribution in [0.2, 0.25) is 0 Å². The van der Waals surface area contributed by atoms with Gasteiger partial charge in [-0.25, -0.2) is 21.7 Å². The lowest BCUT2D eigenvalue weighted by Gasteiger charge is -2.16. The van der Waals surface area contributed by atoms with Crippen LogP contribution in [0.3, 0.4) is 0 Å². The molecule has 33 heavy (non-hydrogen) atoms. The first kappa shape index (κ1) is 23.2. The minimum atomic E-state index is -4.58. The van der Waals surface area contributed by atoms with Gasteiger partial charge in [0.1, 0.15) is 0 Å². The van der Waals surface area contributed by atoms with Crippen LogP contribution in [0, 0.1) is 0 Å². The number of hydrogen-bond donors (Lipinski definition) is 4. The summed E-state index contributed by atoms with van der Waals surface area (Å²) in [5.41, 5.74) is 3.80. The Bertz CT molecular complexity index is 1060. The van der Waals surface area contributed by atoms with Gasteiger partial charge in [0, 0.05) is 5.56 Å². The van der Waals surface area contributed by atoms with E-state index >= 15 is 0 Å². The minimum Gasteiger partial charge on any atom is -0.457 e. The zero-order valence-electron chi connectivity index (χ0n) is 16.5. The molecule has 2 fully saturated rings. The average molecular weight is 474 g/mol. The van der Waals surface area contributed by atoms with E-state index < -0.39 is 42.0 Å². The Morgan fingerprint density at radius 3 is 1.55 bits per heavy atom. The second kappa shape index (κ2) is 7.80. The number of carbonyl (C=O) groups is 2. The third kappa shape index (κ3) is 4.31. The molecule has 2 aromatic rings. The van der Waals surface area contributed by atoms with E-state index in [9.17, 15) is 35.9 Å². The highest BCUT2D eigenvalue weighted by atomic mass is 19.4. The van der Waals surface area contributed by atoms with Gasteiger partial charge in [-0.3, -0.25) is 9.59 Å². The van der Waals surface area contributed by atoms with E-state index in [2.05, 4.69) is 10.9 Å². The number of Topliss-reactive ketones (excluding diaryl/α,β-unsaturated/α-hetero) is 1. The molecule has 0 spiro atoms. The summed E-state index contributed by atoms with van der Waals surface area (Å²) in [6, 6.07) is 9.75.